The molecule has 0 saturated carbocycles. The Balaban J connectivity index is 1.68. The van der Waals surface area contributed by atoms with Crippen LogP contribution in [0.25, 0.3) is 0 Å². The number of hydrogen-bond donors (Lipinski definition) is 1. The molecule has 0 spiro atoms. The van der Waals surface area contributed by atoms with Gasteiger partial charge in [-0.1, -0.05) is 63.6 Å². The molecule has 2 aromatic carbocycles. The normalized spacial score (nSPS) is 15.4. The molecule has 9 heteroatoms. The summed E-state index contributed by atoms with van der Waals surface area (Å²) in [7, 11) is 0. The van der Waals surface area contributed by atoms with Crippen LogP contribution in [-0.2, 0) is 15.3 Å². The fraction of sp³-hybridized carbons (Fsp3) is 0.227. The summed E-state index contributed by atoms with van der Waals surface area (Å²) in [4.78, 5) is 17.5. The Kier molecular flexibility index (Phi) is 6.69. The number of halogens is 2. The molecule has 4 rings (SSSR count). The molecule has 0 saturated heterocycles. The van der Waals surface area contributed by atoms with E-state index in [2.05, 4.69) is 26.2 Å². The summed E-state index contributed by atoms with van der Waals surface area (Å²) in [5.41, 5.74) is 3.24. The van der Waals surface area contributed by atoms with Gasteiger partial charge >= 0.3 is 5.97 Å². The zero-order chi connectivity index (χ0) is 22.0. The fourth-order valence-electron chi connectivity index (χ4n) is 3.39. The molecule has 0 aliphatic carbocycles. The first-order valence-corrected chi connectivity index (χ1v) is 11.9. The Morgan fingerprint density at radius 2 is 2.06 bits per heavy atom. The van der Waals surface area contributed by atoms with Crippen molar-refractivity contribution in [2.24, 2.45) is 0 Å². The molecule has 1 aromatic heterocycles. The van der Waals surface area contributed by atoms with Gasteiger partial charge in [-0.15, -0.1) is 5.10 Å². The average molecular weight is 520 g/mol. The van der Waals surface area contributed by atoms with Crippen LogP contribution in [0.1, 0.15) is 31.0 Å². The number of ether oxygens (including phenoxy) is 1. The summed E-state index contributed by atoms with van der Waals surface area (Å²) < 4.78 is 8.05. The van der Waals surface area contributed by atoms with Crippen molar-refractivity contribution in [1.82, 2.24) is 14.8 Å². The lowest BCUT2D eigenvalue weighted by molar-refractivity contribution is -0.139. The van der Waals surface area contributed by atoms with Crippen LogP contribution in [0, 0.1) is 0 Å². The summed E-state index contributed by atoms with van der Waals surface area (Å²) >= 11 is 11.1. The number of benzene rings is 2. The highest BCUT2D eigenvalue weighted by Crippen LogP contribution is 2.37. The van der Waals surface area contributed by atoms with Crippen LogP contribution in [0.15, 0.2) is 69.4 Å². The Hall–Kier alpha value is -2.29. The van der Waals surface area contributed by atoms with E-state index in [4.69, 9.17) is 21.4 Å². The molecule has 160 valence electrons. The van der Waals surface area contributed by atoms with Gasteiger partial charge in [0.05, 0.1) is 12.2 Å². The Bertz CT molecular complexity index is 1150. The van der Waals surface area contributed by atoms with Gasteiger partial charge < -0.3 is 10.1 Å². The molecule has 0 fully saturated rings. The third kappa shape index (κ3) is 4.81. The van der Waals surface area contributed by atoms with Gasteiger partial charge in [0.15, 0.2) is 0 Å². The van der Waals surface area contributed by atoms with Crippen molar-refractivity contribution >= 4 is 51.2 Å². The summed E-state index contributed by atoms with van der Waals surface area (Å²) in [6, 6.07) is 15.1. The minimum absolute atomic E-state index is 0.299. The van der Waals surface area contributed by atoms with E-state index in [0.29, 0.717) is 39.8 Å². The maximum absolute atomic E-state index is 12.8. The molecule has 0 amide bonds. The first-order chi connectivity index (χ1) is 15.0. The molecule has 0 unspecified atom stereocenters. The Morgan fingerprint density at radius 3 is 2.77 bits per heavy atom. The number of esters is 1. The Morgan fingerprint density at radius 1 is 1.29 bits per heavy atom. The number of carbonyl (C=O) groups excluding carboxylic acids is 1. The van der Waals surface area contributed by atoms with E-state index < -0.39 is 6.04 Å². The standard InChI is InChI=1S/C22H20BrClN4O2S/c1-3-30-20(29)18-13(2)25-21-26-22(31-12-14-5-4-6-17(24)11-14)27-28(21)19(18)15-7-9-16(23)10-8-15/h4-11,19H,3,12H2,1-2H3,(H,25,26,27)/t19-/m0/s1. The quantitative estimate of drug-likeness (QED) is 0.326. The van der Waals surface area contributed by atoms with Crippen LogP contribution < -0.4 is 5.32 Å². The molecule has 0 bridgehead atoms. The minimum atomic E-state index is -0.434. The summed E-state index contributed by atoms with van der Waals surface area (Å²) in [5, 5.41) is 9.24. The second-order valence-corrected chi connectivity index (χ2v) is 9.21. The number of aromatic nitrogens is 3. The maximum Gasteiger partial charge on any atom is 0.338 e. The molecule has 31 heavy (non-hydrogen) atoms. The molecule has 6 nitrogen and oxygen atoms in total. The predicted molar refractivity (Wildman–Crippen MR) is 126 cm³/mol. The zero-order valence-electron chi connectivity index (χ0n) is 16.9. The van der Waals surface area contributed by atoms with Crippen LogP contribution in [0.2, 0.25) is 5.02 Å². The van der Waals surface area contributed by atoms with Gasteiger partial charge in [0.25, 0.3) is 0 Å². The van der Waals surface area contributed by atoms with E-state index in [1.807, 2.05) is 55.5 Å². The maximum atomic E-state index is 12.8. The van der Waals surface area contributed by atoms with Crippen molar-refractivity contribution in [3.05, 3.63) is 80.4 Å². The minimum Gasteiger partial charge on any atom is -0.463 e. The van der Waals surface area contributed by atoms with Crippen molar-refractivity contribution in [2.45, 2.75) is 30.8 Å². The zero-order valence-corrected chi connectivity index (χ0v) is 20.1. The number of hydrogen-bond acceptors (Lipinski definition) is 6. The van der Waals surface area contributed by atoms with Crippen LogP contribution in [-0.4, -0.2) is 27.3 Å². The summed E-state index contributed by atoms with van der Waals surface area (Å²) in [6.45, 7) is 3.95. The lowest BCUT2D eigenvalue weighted by atomic mass is 9.96. The van der Waals surface area contributed by atoms with Crippen molar-refractivity contribution in [3.8, 4) is 0 Å². The monoisotopic (exact) mass is 518 g/mol. The molecular weight excluding hydrogens is 500 g/mol. The van der Waals surface area contributed by atoms with Crippen molar-refractivity contribution in [1.29, 1.82) is 0 Å². The SMILES string of the molecule is CCOC(=O)C1=C(C)Nc2nc(SCc3cccc(Cl)c3)nn2[C@H]1c1ccc(Br)cc1. The third-order valence-corrected chi connectivity index (χ3v) is 6.44. The molecular formula is C22H20BrClN4O2S. The molecule has 1 aliphatic rings. The van der Waals surface area contributed by atoms with Gasteiger partial charge in [0.1, 0.15) is 6.04 Å². The molecule has 3 aromatic rings. The number of thioether (sulfide) groups is 1. The second kappa shape index (κ2) is 9.46. The fourth-order valence-corrected chi connectivity index (χ4v) is 4.64. The van der Waals surface area contributed by atoms with Crippen LogP contribution in [0.4, 0.5) is 5.95 Å². The number of fused-ring (bicyclic) bond motifs is 1. The second-order valence-electron chi connectivity index (χ2n) is 6.92. The van der Waals surface area contributed by atoms with Crippen molar-refractivity contribution < 1.29 is 9.53 Å². The molecule has 1 aliphatic heterocycles. The number of anilines is 1. The van der Waals surface area contributed by atoms with E-state index >= 15 is 0 Å². The topological polar surface area (TPSA) is 69.0 Å². The number of nitrogens with zero attached hydrogens (tertiary/aromatic N) is 3. The van der Waals surface area contributed by atoms with E-state index in [-0.39, 0.29) is 5.97 Å². The Labute approximate surface area is 198 Å². The first kappa shape index (κ1) is 21.9. The number of allylic oxidation sites excluding steroid dienone is 1. The predicted octanol–water partition coefficient (Wildman–Crippen LogP) is 5.84. The average Bonchev–Trinajstić information content (AvgIpc) is 3.14. The summed E-state index contributed by atoms with van der Waals surface area (Å²) in [5.74, 6) is 0.908. The smallest absolute Gasteiger partial charge is 0.338 e. The van der Waals surface area contributed by atoms with Crippen LogP contribution in [0.5, 0.6) is 0 Å². The van der Waals surface area contributed by atoms with E-state index in [9.17, 15) is 4.79 Å². The van der Waals surface area contributed by atoms with Gasteiger partial charge in [-0.25, -0.2) is 9.48 Å². The number of nitrogens with one attached hydrogen (secondary N) is 1. The summed E-state index contributed by atoms with van der Waals surface area (Å²) in [6.07, 6.45) is 0. The van der Waals surface area contributed by atoms with Gasteiger partial charge in [-0.2, -0.15) is 4.98 Å². The molecule has 1 atom stereocenters. The lowest BCUT2D eigenvalue weighted by Crippen LogP contribution is -2.29. The largest absolute Gasteiger partial charge is 0.463 e. The highest BCUT2D eigenvalue weighted by atomic mass is 79.9. The highest BCUT2D eigenvalue weighted by molar-refractivity contribution is 9.10. The van der Waals surface area contributed by atoms with E-state index in [0.717, 1.165) is 15.6 Å². The number of rotatable bonds is 6. The van der Waals surface area contributed by atoms with Crippen molar-refractivity contribution in [3.63, 3.8) is 0 Å². The first-order valence-electron chi connectivity index (χ1n) is 9.70. The van der Waals surface area contributed by atoms with Gasteiger partial charge in [-0.05, 0) is 49.2 Å². The van der Waals surface area contributed by atoms with Crippen molar-refractivity contribution in [2.75, 3.05) is 11.9 Å². The molecule has 2 heterocycles. The van der Waals surface area contributed by atoms with E-state index in [1.165, 1.54) is 11.8 Å². The van der Waals surface area contributed by atoms with Crippen LogP contribution >= 0.6 is 39.3 Å². The molecule has 0 radical (unpaired) electrons. The van der Waals surface area contributed by atoms with Gasteiger partial charge in [0, 0.05) is 20.9 Å². The van der Waals surface area contributed by atoms with Gasteiger partial charge in [-0.3, -0.25) is 0 Å². The highest BCUT2D eigenvalue weighted by Gasteiger charge is 2.35. The van der Waals surface area contributed by atoms with Crippen LogP contribution in [0.3, 0.4) is 0 Å². The lowest BCUT2D eigenvalue weighted by Gasteiger charge is -2.28. The van der Waals surface area contributed by atoms with Gasteiger partial charge in [0.2, 0.25) is 11.1 Å². The number of carbonyl (C=O) groups is 1. The third-order valence-electron chi connectivity index (χ3n) is 4.77. The van der Waals surface area contributed by atoms with E-state index in [1.54, 1.807) is 11.6 Å². The molecule has 1 N–H and O–H groups in total.